The lowest BCUT2D eigenvalue weighted by atomic mass is 9.84. The number of hydrogen-bond donors (Lipinski definition) is 2. The normalized spacial score (nSPS) is 16.5. The van der Waals surface area contributed by atoms with Crippen LogP contribution in [0.3, 0.4) is 0 Å². The number of carbonyl (C=O) groups is 1. The van der Waals surface area contributed by atoms with Gasteiger partial charge in [0.15, 0.2) is 0 Å². The number of benzene rings is 1. The molecule has 1 fully saturated rings. The van der Waals surface area contributed by atoms with E-state index in [-0.39, 0.29) is 24.1 Å². The van der Waals surface area contributed by atoms with Gasteiger partial charge >= 0.3 is 6.36 Å². The van der Waals surface area contributed by atoms with Gasteiger partial charge in [-0.1, -0.05) is 19.1 Å². The van der Waals surface area contributed by atoms with Gasteiger partial charge in [-0.15, -0.1) is 25.6 Å². The molecule has 2 N–H and O–H groups in total. The minimum absolute atomic E-state index is 0. The van der Waals surface area contributed by atoms with Crippen molar-refractivity contribution in [2.24, 2.45) is 11.8 Å². The monoisotopic (exact) mass is 394 g/mol. The SMILES string of the molecule is CC(CC(=O)NCCc1ccc(OC(F)(F)F)cc1)C1CCNCC1.Cl. The lowest BCUT2D eigenvalue weighted by Crippen LogP contribution is -2.34. The number of piperidine rings is 1. The van der Waals surface area contributed by atoms with Gasteiger partial charge in [0.1, 0.15) is 5.75 Å². The first-order valence-corrected chi connectivity index (χ1v) is 8.65. The molecule has 1 unspecified atom stereocenters. The van der Waals surface area contributed by atoms with Crippen LogP contribution in [0.4, 0.5) is 13.2 Å². The molecule has 4 nitrogen and oxygen atoms in total. The topological polar surface area (TPSA) is 50.4 Å². The second kappa shape index (κ2) is 10.6. The van der Waals surface area contributed by atoms with Gasteiger partial charge < -0.3 is 15.4 Å². The predicted molar refractivity (Wildman–Crippen MR) is 96.5 cm³/mol. The summed E-state index contributed by atoms with van der Waals surface area (Å²) in [6.07, 6.45) is -1.37. The van der Waals surface area contributed by atoms with Gasteiger partial charge in [0.05, 0.1) is 0 Å². The van der Waals surface area contributed by atoms with E-state index in [4.69, 9.17) is 0 Å². The first-order chi connectivity index (χ1) is 11.8. The van der Waals surface area contributed by atoms with E-state index in [1.807, 2.05) is 0 Å². The van der Waals surface area contributed by atoms with Crippen molar-refractivity contribution in [2.75, 3.05) is 19.6 Å². The van der Waals surface area contributed by atoms with Gasteiger partial charge in [-0.2, -0.15) is 0 Å². The third kappa shape index (κ3) is 8.27. The van der Waals surface area contributed by atoms with Crippen molar-refractivity contribution in [1.29, 1.82) is 0 Å². The highest BCUT2D eigenvalue weighted by Gasteiger charge is 2.30. The molecule has 1 aliphatic rings. The molecule has 1 amide bonds. The maximum atomic E-state index is 12.1. The van der Waals surface area contributed by atoms with E-state index in [2.05, 4.69) is 22.3 Å². The summed E-state index contributed by atoms with van der Waals surface area (Å²) in [5, 5.41) is 6.21. The summed E-state index contributed by atoms with van der Waals surface area (Å²) >= 11 is 0. The van der Waals surface area contributed by atoms with Crippen molar-refractivity contribution in [3.05, 3.63) is 29.8 Å². The summed E-state index contributed by atoms with van der Waals surface area (Å²) in [4.78, 5) is 12.0. The van der Waals surface area contributed by atoms with Crippen molar-refractivity contribution in [3.8, 4) is 5.75 Å². The van der Waals surface area contributed by atoms with Gasteiger partial charge in [0.25, 0.3) is 0 Å². The van der Waals surface area contributed by atoms with Crippen molar-refractivity contribution in [1.82, 2.24) is 10.6 Å². The van der Waals surface area contributed by atoms with E-state index in [1.54, 1.807) is 12.1 Å². The van der Waals surface area contributed by atoms with Crippen LogP contribution < -0.4 is 15.4 Å². The van der Waals surface area contributed by atoms with E-state index >= 15 is 0 Å². The number of halogens is 4. The highest BCUT2D eigenvalue weighted by Crippen LogP contribution is 2.24. The smallest absolute Gasteiger partial charge is 0.406 e. The minimum Gasteiger partial charge on any atom is -0.406 e. The number of rotatable bonds is 7. The van der Waals surface area contributed by atoms with Crippen LogP contribution in [0.25, 0.3) is 0 Å². The molecule has 2 rings (SSSR count). The molecule has 0 aromatic heterocycles. The summed E-state index contributed by atoms with van der Waals surface area (Å²) in [7, 11) is 0. The standard InChI is InChI=1S/C18H25F3N2O2.ClH/c1-13(15-7-9-22-10-8-15)12-17(24)23-11-6-14-2-4-16(5-3-14)25-18(19,20)21;/h2-5,13,15,22H,6-12H2,1H3,(H,23,24);1H. The summed E-state index contributed by atoms with van der Waals surface area (Å²) in [6, 6.07) is 5.71. The summed E-state index contributed by atoms with van der Waals surface area (Å²) in [5.74, 6) is 0.744. The molecule has 1 atom stereocenters. The van der Waals surface area contributed by atoms with Crippen LogP contribution in [0.15, 0.2) is 24.3 Å². The Morgan fingerprint density at radius 3 is 2.46 bits per heavy atom. The van der Waals surface area contributed by atoms with Crippen LogP contribution in [0.5, 0.6) is 5.75 Å². The van der Waals surface area contributed by atoms with E-state index in [0.29, 0.717) is 31.2 Å². The third-order valence-corrected chi connectivity index (χ3v) is 4.59. The summed E-state index contributed by atoms with van der Waals surface area (Å²) in [5.41, 5.74) is 0.848. The molecule has 1 saturated heterocycles. The largest absolute Gasteiger partial charge is 0.573 e. The fraction of sp³-hybridized carbons (Fsp3) is 0.611. The highest BCUT2D eigenvalue weighted by atomic mass is 35.5. The van der Waals surface area contributed by atoms with Crippen LogP contribution in [0.2, 0.25) is 0 Å². The number of alkyl halides is 3. The Hall–Kier alpha value is -1.47. The van der Waals surface area contributed by atoms with Crippen molar-refractivity contribution in [2.45, 2.75) is 39.0 Å². The zero-order valence-electron chi connectivity index (χ0n) is 14.8. The molecule has 148 valence electrons. The third-order valence-electron chi connectivity index (χ3n) is 4.59. The Morgan fingerprint density at radius 1 is 1.27 bits per heavy atom. The summed E-state index contributed by atoms with van der Waals surface area (Å²) in [6.45, 7) is 4.63. The van der Waals surface area contributed by atoms with E-state index in [0.717, 1.165) is 31.5 Å². The zero-order chi connectivity index (χ0) is 18.3. The highest BCUT2D eigenvalue weighted by molar-refractivity contribution is 5.85. The number of nitrogens with one attached hydrogen (secondary N) is 2. The van der Waals surface area contributed by atoms with Crippen molar-refractivity contribution < 1.29 is 22.7 Å². The maximum Gasteiger partial charge on any atom is 0.573 e. The molecule has 0 spiro atoms. The second-order valence-corrected chi connectivity index (χ2v) is 6.56. The molecule has 8 heteroatoms. The average molecular weight is 395 g/mol. The van der Waals surface area contributed by atoms with Gasteiger partial charge in [-0.3, -0.25) is 4.79 Å². The quantitative estimate of drug-likeness (QED) is 0.741. The number of hydrogen-bond acceptors (Lipinski definition) is 3. The second-order valence-electron chi connectivity index (χ2n) is 6.56. The predicted octanol–water partition coefficient (Wildman–Crippen LogP) is 3.69. The Bertz CT molecular complexity index is 546. The molecule has 0 aliphatic carbocycles. The van der Waals surface area contributed by atoms with Gasteiger partial charge in [0, 0.05) is 13.0 Å². The van der Waals surface area contributed by atoms with E-state index in [1.165, 1.54) is 12.1 Å². The lowest BCUT2D eigenvalue weighted by Gasteiger charge is -2.27. The zero-order valence-corrected chi connectivity index (χ0v) is 15.6. The fourth-order valence-electron chi connectivity index (χ4n) is 3.15. The first kappa shape index (κ1) is 22.6. The van der Waals surface area contributed by atoms with Gasteiger partial charge in [-0.25, -0.2) is 0 Å². The number of ether oxygens (including phenoxy) is 1. The molecular formula is C18H26ClF3N2O2. The van der Waals surface area contributed by atoms with Gasteiger partial charge in [0.2, 0.25) is 5.91 Å². The Labute approximate surface area is 158 Å². The van der Waals surface area contributed by atoms with Crippen LogP contribution in [0, 0.1) is 11.8 Å². The van der Waals surface area contributed by atoms with Crippen LogP contribution in [-0.2, 0) is 11.2 Å². The number of amides is 1. The fourth-order valence-corrected chi connectivity index (χ4v) is 3.15. The summed E-state index contributed by atoms with van der Waals surface area (Å²) < 4.78 is 40.1. The maximum absolute atomic E-state index is 12.1. The molecule has 26 heavy (non-hydrogen) atoms. The molecule has 1 aromatic carbocycles. The minimum atomic E-state index is -4.68. The molecule has 0 saturated carbocycles. The van der Waals surface area contributed by atoms with Crippen LogP contribution in [-0.4, -0.2) is 31.9 Å². The Balaban J connectivity index is 0.00000338. The molecule has 1 aliphatic heterocycles. The molecule has 0 radical (unpaired) electrons. The number of carbonyl (C=O) groups excluding carboxylic acids is 1. The Morgan fingerprint density at radius 2 is 1.88 bits per heavy atom. The molecule has 1 aromatic rings. The molecule has 0 bridgehead atoms. The van der Waals surface area contributed by atoms with Crippen molar-refractivity contribution >= 4 is 18.3 Å². The average Bonchev–Trinajstić information content (AvgIpc) is 2.56. The lowest BCUT2D eigenvalue weighted by molar-refractivity contribution is -0.274. The first-order valence-electron chi connectivity index (χ1n) is 8.65. The Kier molecular flexibility index (Phi) is 9.22. The molecular weight excluding hydrogens is 369 g/mol. The van der Waals surface area contributed by atoms with E-state index < -0.39 is 6.36 Å². The van der Waals surface area contributed by atoms with E-state index in [9.17, 15) is 18.0 Å². The molecule has 1 heterocycles. The van der Waals surface area contributed by atoms with Crippen LogP contribution in [0.1, 0.15) is 31.7 Å². The van der Waals surface area contributed by atoms with Crippen molar-refractivity contribution in [3.63, 3.8) is 0 Å². The van der Waals surface area contributed by atoms with Crippen LogP contribution >= 0.6 is 12.4 Å². The van der Waals surface area contributed by atoms with Gasteiger partial charge in [-0.05, 0) is 61.9 Å².